The van der Waals surface area contributed by atoms with Crippen molar-refractivity contribution >= 4 is 11.9 Å². The van der Waals surface area contributed by atoms with E-state index in [0.717, 1.165) is 24.0 Å². The average molecular weight is 348 g/mol. The second-order valence-corrected chi connectivity index (χ2v) is 7.03. The van der Waals surface area contributed by atoms with Crippen LogP contribution in [-0.4, -0.2) is 48.6 Å². The Balaban J connectivity index is 1.71. The molecule has 2 heterocycles. The third-order valence-electron chi connectivity index (χ3n) is 5.04. The first-order valence-corrected chi connectivity index (χ1v) is 8.60. The molecule has 1 aliphatic carbocycles. The molecule has 3 atom stereocenters. The number of allylic oxidation sites excluding steroid dienone is 2. The topological polar surface area (TPSA) is 85.4 Å². The molecule has 0 radical (unpaired) electrons. The van der Waals surface area contributed by atoms with Gasteiger partial charge in [-0.1, -0.05) is 18.7 Å². The lowest BCUT2D eigenvalue weighted by atomic mass is 9.87. The molecule has 0 spiro atoms. The third-order valence-corrected chi connectivity index (χ3v) is 5.04. The van der Waals surface area contributed by atoms with Crippen LogP contribution in [-0.2, 0) is 23.8 Å². The Morgan fingerprint density at radius 3 is 2.88 bits per heavy atom. The van der Waals surface area contributed by atoms with Gasteiger partial charge in [-0.15, -0.1) is 0 Å². The van der Waals surface area contributed by atoms with Gasteiger partial charge in [0.25, 0.3) is 0 Å². The van der Waals surface area contributed by atoms with Gasteiger partial charge in [-0.25, -0.2) is 9.59 Å². The van der Waals surface area contributed by atoms with Crippen LogP contribution in [0.2, 0.25) is 0 Å². The summed E-state index contributed by atoms with van der Waals surface area (Å²) >= 11 is 0. The minimum atomic E-state index is -0.786. The number of carbonyl (C=O) groups is 2. The van der Waals surface area contributed by atoms with Gasteiger partial charge in [-0.3, -0.25) is 0 Å². The number of hydrogen-bond acceptors (Lipinski definition) is 6. The molecule has 3 aliphatic rings. The molecule has 0 amide bonds. The fourth-order valence-electron chi connectivity index (χ4n) is 3.15. The van der Waals surface area contributed by atoms with Crippen molar-refractivity contribution < 1.29 is 28.9 Å². The molecule has 0 aromatic heterocycles. The van der Waals surface area contributed by atoms with E-state index in [-0.39, 0.29) is 37.2 Å². The highest BCUT2D eigenvalue weighted by molar-refractivity contribution is 5.90. The predicted octanol–water partition coefficient (Wildman–Crippen LogP) is 1.84. The van der Waals surface area contributed by atoms with Crippen molar-refractivity contribution in [3.63, 3.8) is 0 Å². The van der Waals surface area contributed by atoms with E-state index in [1.165, 1.54) is 0 Å². The number of fused-ring (bicyclic) bond motifs is 1. The maximum Gasteiger partial charge on any atom is 0.340 e. The van der Waals surface area contributed by atoms with E-state index >= 15 is 0 Å². The first kappa shape index (κ1) is 17.9. The average Bonchev–Trinajstić information content (AvgIpc) is 3.29. The Morgan fingerprint density at radius 2 is 2.20 bits per heavy atom. The van der Waals surface area contributed by atoms with E-state index in [4.69, 9.17) is 14.2 Å². The number of aliphatic hydroxyl groups is 1. The second-order valence-electron chi connectivity index (χ2n) is 7.03. The molecule has 25 heavy (non-hydrogen) atoms. The molecule has 3 rings (SSSR count). The summed E-state index contributed by atoms with van der Waals surface area (Å²) in [5.41, 5.74) is 1.52. The van der Waals surface area contributed by atoms with Crippen LogP contribution in [0, 0.1) is 5.92 Å². The van der Waals surface area contributed by atoms with Gasteiger partial charge >= 0.3 is 11.9 Å². The molecule has 2 saturated heterocycles. The van der Waals surface area contributed by atoms with Crippen LogP contribution < -0.4 is 0 Å². The lowest BCUT2D eigenvalue weighted by molar-refractivity contribution is -0.148. The zero-order valence-corrected chi connectivity index (χ0v) is 14.5. The molecule has 0 unspecified atom stereocenters. The molecule has 2 aliphatic heterocycles. The number of ether oxygens (including phenoxy) is 3. The van der Waals surface area contributed by atoms with Crippen LogP contribution in [0.1, 0.15) is 32.6 Å². The van der Waals surface area contributed by atoms with Crippen LogP contribution in [0.4, 0.5) is 0 Å². The van der Waals surface area contributed by atoms with E-state index in [9.17, 15) is 14.7 Å². The molecule has 0 aromatic carbocycles. The molecule has 0 saturated carbocycles. The van der Waals surface area contributed by atoms with Gasteiger partial charge in [0.2, 0.25) is 0 Å². The molecule has 6 heteroatoms. The van der Waals surface area contributed by atoms with Gasteiger partial charge in [0.15, 0.2) is 5.60 Å². The first-order valence-electron chi connectivity index (χ1n) is 8.60. The van der Waals surface area contributed by atoms with Crippen molar-refractivity contribution in [1.82, 2.24) is 0 Å². The van der Waals surface area contributed by atoms with E-state index < -0.39 is 5.60 Å². The summed E-state index contributed by atoms with van der Waals surface area (Å²) in [5.74, 6) is -0.832. The highest BCUT2D eigenvalue weighted by Gasteiger charge is 2.49. The number of esters is 2. The van der Waals surface area contributed by atoms with Gasteiger partial charge in [-0.2, -0.15) is 0 Å². The second kappa shape index (κ2) is 7.14. The largest absolute Gasteiger partial charge is 0.459 e. The smallest absolute Gasteiger partial charge is 0.340 e. The molecule has 6 nitrogen and oxygen atoms in total. The van der Waals surface area contributed by atoms with Gasteiger partial charge in [0.05, 0.1) is 13.2 Å². The monoisotopic (exact) mass is 348 g/mol. The number of carbonyl (C=O) groups excluding carboxylic acids is 2. The van der Waals surface area contributed by atoms with Gasteiger partial charge in [-0.05, 0) is 37.3 Å². The van der Waals surface area contributed by atoms with Crippen LogP contribution >= 0.6 is 0 Å². The fourth-order valence-corrected chi connectivity index (χ4v) is 3.15. The maximum atomic E-state index is 11.9. The fraction of sp³-hybridized carbons (Fsp3) is 0.579. The third kappa shape index (κ3) is 4.02. The Hall–Kier alpha value is -1.92. The van der Waals surface area contributed by atoms with E-state index in [2.05, 4.69) is 6.58 Å². The van der Waals surface area contributed by atoms with Crippen LogP contribution in [0.5, 0.6) is 0 Å². The van der Waals surface area contributed by atoms with Gasteiger partial charge in [0, 0.05) is 17.9 Å². The van der Waals surface area contributed by atoms with Crippen LogP contribution in [0.25, 0.3) is 0 Å². The first-order chi connectivity index (χ1) is 11.9. The van der Waals surface area contributed by atoms with Crippen molar-refractivity contribution in [2.24, 2.45) is 5.92 Å². The summed E-state index contributed by atoms with van der Waals surface area (Å²) in [6, 6.07) is 0. The molecule has 0 aromatic rings. The molecule has 136 valence electrons. The quantitative estimate of drug-likeness (QED) is 0.361. The molecular weight excluding hydrogens is 324 g/mol. The maximum absolute atomic E-state index is 11.9. The van der Waals surface area contributed by atoms with Gasteiger partial charge in [0.1, 0.15) is 12.7 Å². The zero-order chi connectivity index (χ0) is 18.0. The minimum Gasteiger partial charge on any atom is -0.459 e. The highest BCUT2D eigenvalue weighted by Crippen LogP contribution is 2.35. The standard InChI is InChI=1S/C19H24O6/c1-12-15-7-6-13(10-23-18(22)19(2)11-24-19)4-3-5-14(9-20)8-16(15)25-17(12)21/h5-6,15-16,20H,1,3-4,7-11H2,2H3/t15-,16-,19+/m1/s1. The Bertz CT molecular complexity index is 640. The summed E-state index contributed by atoms with van der Waals surface area (Å²) in [6.07, 6.45) is 6.29. The van der Waals surface area contributed by atoms with E-state index in [1.54, 1.807) is 6.92 Å². The van der Waals surface area contributed by atoms with Crippen molar-refractivity contribution in [2.45, 2.75) is 44.3 Å². The summed E-state index contributed by atoms with van der Waals surface area (Å²) in [4.78, 5) is 23.8. The SMILES string of the molecule is C=C1C(=O)O[C@@H]2CC(CO)=CCCC(COC(=O)[C@]3(C)CO3)=CC[C@H]12. The van der Waals surface area contributed by atoms with Crippen molar-refractivity contribution in [2.75, 3.05) is 19.8 Å². The molecule has 0 bridgehead atoms. The van der Waals surface area contributed by atoms with Crippen molar-refractivity contribution in [3.8, 4) is 0 Å². The Labute approximate surface area is 147 Å². The van der Waals surface area contributed by atoms with Crippen LogP contribution in [0.15, 0.2) is 35.5 Å². The van der Waals surface area contributed by atoms with Crippen LogP contribution in [0.3, 0.4) is 0 Å². The zero-order valence-electron chi connectivity index (χ0n) is 14.5. The number of rotatable bonds is 4. The Kier molecular flexibility index (Phi) is 5.11. The minimum absolute atomic E-state index is 0.0586. The predicted molar refractivity (Wildman–Crippen MR) is 89.5 cm³/mol. The summed E-state index contributed by atoms with van der Waals surface area (Å²) < 4.78 is 15.9. The number of hydrogen-bond donors (Lipinski definition) is 1. The van der Waals surface area contributed by atoms with Crippen molar-refractivity contribution in [3.05, 3.63) is 35.5 Å². The number of epoxide rings is 1. The number of aliphatic hydroxyl groups excluding tert-OH is 1. The van der Waals surface area contributed by atoms with E-state index in [1.807, 2.05) is 12.2 Å². The van der Waals surface area contributed by atoms with Crippen molar-refractivity contribution in [1.29, 1.82) is 0 Å². The summed E-state index contributed by atoms with van der Waals surface area (Å²) in [6.45, 7) is 6.11. The lowest BCUT2D eigenvalue weighted by Gasteiger charge is -2.20. The van der Waals surface area contributed by atoms with Gasteiger partial charge < -0.3 is 19.3 Å². The normalized spacial score (nSPS) is 32.2. The lowest BCUT2D eigenvalue weighted by Crippen LogP contribution is -2.24. The Morgan fingerprint density at radius 1 is 1.44 bits per heavy atom. The summed E-state index contributed by atoms with van der Waals surface area (Å²) in [7, 11) is 0. The molecule has 1 N–H and O–H groups in total. The molecular formula is C19H24O6. The molecule has 2 fully saturated rings. The summed E-state index contributed by atoms with van der Waals surface area (Å²) in [5, 5.41) is 9.53. The highest BCUT2D eigenvalue weighted by atomic mass is 16.6. The van der Waals surface area contributed by atoms with E-state index in [0.29, 0.717) is 25.0 Å².